The van der Waals surface area contributed by atoms with Gasteiger partial charge in [-0.3, -0.25) is 10.2 Å². The SMILES string of the molecule is COc1cc(C=NNc2ccc(C)cc2)c(Br)cc1OCC(=O)Nc1ccccc1. The van der Waals surface area contributed by atoms with Crippen molar-refractivity contribution in [3.05, 3.63) is 82.3 Å². The van der Waals surface area contributed by atoms with E-state index in [9.17, 15) is 4.79 Å². The van der Waals surface area contributed by atoms with E-state index in [2.05, 4.69) is 31.8 Å². The highest BCUT2D eigenvalue weighted by Crippen LogP contribution is 2.33. The van der Waals surface area contributed by atoms with Crippen LogP contribution in [0.5, 0.6) is 11.5 Å². The Kier molecular flexibility index (Phi) is 7.45. The number of hydrogen-bond donors (Lipinski definition) is 2. The molecule has 3 aromatic carbocycles. The van der Waals surface area contributed by atoms with Gasteiger partial charge in [-0.2, -0.15) is 5.10 Å². The van der Waals surface area contributed by atoms with Crippen LogP contribution in [0.3, 0.4) is 0 Å². The number of hydrogen-bond acceptors (Lipinski definition) is 5. The molecule has 3 rings (SSSR count). The van der Waals surface area contributed by atoms with Gasteiger partial charge in [-0.25, -0.2) is 0 Å². The number of amides is 1. The molecule has 7 heteroatoms. The van der Waals surface area contributed by atoms with Gasteiger partial charge < -0.3 is 14.8 Å². The number of ether oxygens (including phenoxy) is 2. The topological polar surface area (TPSA) is 71.9 Å². The second-order valence-electron chi connectivity index (χ2n) is 6.46. The lowest BCUT2D eigenvalue weighted by atomic mass is 10.2. The van der Waals surface area contributed by atoms with E-state index >= 15 is 0 Å². The molecule has 2 N–H and O–H groups in total. The maximum absolute atomic E-state index is 12.1. The highest BCUT2D eigenvalue weighted by Gasteiger charge is 2.11. The minimum atomic E-state index is -0.257. The van der Waals surface area contributed by atoms with Crippen molar-refractivity contribution >= 4 is 39.4 Å². The Morgan fingerprint density at radius 2 is 1.77 bits per heavy atom. The summed E-state index contributed by atoms with van der Waals surface area (Å²) in [7, 11) is 1.55. The molecule has 0 atom stereocenters. The highest BCUT2D eigenvalue weighted by molar-refractivity contribution is 9.10. The van der Waals surface area contributed by atoms with Crippen LogP contribution >= 0.6 is 15.9 Å². The number of methoxy groups -OCH3 is 1. The number of nitrogens with zero attached hydrogens (tertiary/aromatic N) is 1. The molecule has 0 heterocycles. The number of carbonyl (C=O) groups is 1. The van der Waals surface area contributed by atoms with Crippen LogP contribution < -0.4 is 20.2 Å². The number of benzene rings is 3. The molecule has 3 aromatic rings. The quantitative estimate of drug-likeness (QED) is 0.351. The first-order valence-corrected chi connectivity index (χ1v) is 10.1. The van der Waals surface area contributed by atoms with Crippen molar-refractivity contribution < 1.29 is 14.3 Å². The molecule has 0 saturated carbocycles. The second kappa shape index (κ2) is 10.5. The molecule has 0 aliphatic heterocycles. The number of halogens is 1. The Morgan fingerprint density at radius 3 is 2.47 bits per heavy atom. The third-order valence-electron chi connectivity index (χ3n) is 4.15. The van der Waals surface area contributed by atoms with E-state index in [1.165, 1.54) is 5.56 Å². The highest BCUT2D eigenvalue weighted by atomic mass is 79.9. The first kappa shape index (κ1) is 21.4. The van der Waals surface area contributed by atoms with Gasteiger partial charge in [0.15, 0.2) is 18.1 Å². The normalized spacial score (nSPS) is 10.6. The molecule has 1 amide bonds. The fourth-order valence-corrected chi connectivity index (χ4v) is 3.01. The Bertz CT molecular complexity index is 1020. The van der Waals surface area contributed by atoms with Gasteiger partial charge in [0.2, 0.25) is 0 Å². The average Bonchev–Trinajstić information content (AvgIpc) is 2.75. The summed E-state index contributed by atoms with van der Waals surface area (Å²) in [5.74, 6) is 0.700. The van der Waals surface area contributed by atoms with Crippen LogP contribution in [0.1, 0.15) is 11.1 Å². The van der Waals surface area contributed by atoms with E-state index < -0.39 is 0 Å². The molecule has 154 valence electrons. The van der Waals surface area contributed by atoms with Crippen LogP contribution in [-0.2, 0) is 4.79 Å². The fraction of sp³-hybridized carbons (Fsp3) is 0.130. The standard InChI is InChI=1S/C23H22BrN3O3/c1-16-8-10-19(11-9-16)27-25-14-17-12-21(29-2)22(13-20(17)24)30-15-23(28)26-18-6-4-3-5-7-18/h3-14,27H,15H2,1-2H3,(H,26,28). The van der Waals surface area contributed by atoms with Crippen molar-refractivity contribution in [2.45, 2.75) is 6.92 Å². The van der Waals surface area contributed by atoms with Crippen molar-refractivity contribution in [3.8, 4) is 11.5 Å². The zero-order valence-corrected chi connectivity index (χ0v) is 18.3. The van der Waals surface area contributed by atoms with Gasteiger partial charge in [0.05, 0.1) is 19.0 Å². The molecule has 0 spiro atoms. The summed E-state index contributed by atoms with van der Waals surface area (Å²) in [5, 5.41) is 7.04. The molecule has 0 aliphatic rings. The molecule has 0 radical (unpaired) electrons. The molecular formula is C23H22BrN3O3. The number of anilines is 2. The smallest absolute Gasteiger partial charge is 0.262 e. The Labute approximate surface area is 184 Å². The first-order chi connectivity index (χ1) is 14.5. The third kappa shape index (κ3) is 6.09. The number of para-hydroxylation sites is 1. The number of rotatable bonds is 8. The van der Waals surface area contributed by atoms with E-state index in [4.69, 9.17) is 9.47 Å². The number of aryl methyl sites for hydroxylation is 1. The molecule has 6 nitrogen and oxygen atoms in total. The lowest BCUT2D eigenvalue weighted by Gasteiger charge is -2.13. The fourth-order valence-electron chi connectivity index (χ4n) is 2.59. The zero-order valence-electron chi connectivity index (χ0n) is 16.7. The van der Waals surface area contributed by atoms with Gasteiger partial charge in [-0.05, 0) is 59.3 Å². The van der Waals surface area contributed by atoms with Crippen LogP contribution in [0.4, 0.5) is 11.4 Å². The lowest BCUT2D eigenvalue weighted by molar-refractivity contribution is -0.118. The molecule has 0 aromatic heterocycles. The van der Waals surface area contributed by atoms with Crippen molar-refractivity contribution in [2.75, 3.05) is 24.5 Å². The van der Waals surface area contributed by atoms with Crippen molar-refractivity contribution in [1.82, 2.24) is 0 Å². The zero-order chi connectivity index (χ0) is 21.3. The summed E-state index contributed by atoms with van der Waals surface area (Å²) < 4.78 is 11.8. The average molecular weight is 468 g/mol. The second-order valence-corrected chi connectivity index (χ2v) is 7.32. The Hall–Kier alpha value is -3.32. The number of nitrogens with one attached hydrogen (secondary N) is 2. The van der Waals surface area contributed by atoms with Crippen LogP contribution in [0, 0.1) is 6.92 Å². The molecular weight excluding hydrogens is 446 g/mol. The Balaban J connectivity index is 1.63. The maximum Gasteiger partial charge on any atom is 0.262 e. The first-order valence-electron chi connectivity index (χ1n) is 9.26. The predicted octanol–water partition coefficient (Wildman–Crippen LogP) is 5.23. The third-order valence-corrected chi connectivity index (χ3v) is 4.83. The summed E-state index contributed by atoms with van der Waals surface area (Å²) in [6.45, 7) is 1.89. The molecule has 0 saturated heterocycles. The molecule has 0 unspecified atom stereocenters. The minimum absolute atomic E-state index is 0.139. The van der Waals surface area contributed by atoms with Crippen LogP contribution in [0.2, 0.25) is 0 Å². The molecule has 30 heavy (non-hydrogen) atoms. The lowest BCUT2D eigenvalue weighted by Crippen LogP contribution is -2.20. The van der Waals surface area contributed by atoms with Crippen molar-refractivity contribution in [1.29, 1.82) is 0 Å². The van der Waals surface area contributed by atoms with Crippen molar-refractivity contribution in [2.24, 2.45) is 5.10 Å². The predicted molar refractivity (Wildman–Crippen MR) is 124 cm³/mol. The summed E-state index contributed by atoms with van der Waals surface area (Å²) in [6, 6.07) is 20.7. The van der Waals surface area contributed by atoms with Crippen LogP contribution in [0.15, 0.2) is 76.3 Å². The Morgan fingerprint density at radius 1 is 1.03 bits per heavy atom. The largest absolute Gasteiger partial charge is 0.493 e. The van der Waals surface area contributed by atoms with Gasteiger partial charge in [0.1, 0.15) is 0 Å². The van der Waals surface area contributed by atoms with E-state index in [0.29, 0.717) is 17.2 Å². The van der Waals surface area contributed by atoms with E-state index in [1.807, 2.05) is 61.5 Å². The maximum atomic E-state index is 12.1. The number of hydrazone groups is 1. The summed E-state index contributed by atoms with van der Waals surface area (Å²) in [6.07, 6.45) is 1.68. The number of carbonyl (C=O) groups excluding carboxylic acids is 1. The van der Waals surface area contributed by atoms with E-state index in [0.717, 1.165) is 15.7 Å². The van der Waals surface area contributed by atoms with Crippen molar-refractivity contribution in [3.63, 3.8) is 0 Å². The molecule has 0 fully saturated rings. The molecule has 0 aliphatic carbocycles. The van der Waals surface area contributed by atoms with Crippen LogP contribution in [-0.4, -0.2) is 25.8 Å². The van der Waals surface area contributed by atoms with E-state index in [-0.39, 0.29) is 12.5 Å². The summed E-state index contributed by atoms with van der Waals surface area (Å²) >= 11 is 3.51. The summed E-state index contributed by atoms with van der Waals surface area (Å²) in [5.41, 5.74) is 6.58. The van der Waals surface area contributed by atoms with Gasteiger partial charge >= 0.3 is 0 Å². The summed E-state index contributed by atoms with van der Waals surface area (Å²) in [4.78, 5) is 12.1. The molecule has 0 bridgehead atoms. The van der Waals surface area contributed by atoms with Gasteiger partial charge in [0, 0.05) is 15.7 Å². The van der Waals surface area contributed by atoms with Gasteiger partial charge in [0.25, 0.3) is 5.91 Å². The minimum Gasteiger partial charge on any atom is -0.493 e. The van der Waals surface area contributed by atoms with E-state index in [1.54, 1.807) is 25.5 Å². The monoisotopic (exact) mass is 467 g/mol. The van der Waals surface area contributed by atoms with Gasteiger partial charge in [-0.15, -0.1) is 0 Å². The van der Waals surface area contributed by atoms with Crippen LogP contribution in [0.25, 0.3) is 0 Å². The van der Waals surface area contributed by atoms with Gasteiger partial charge in [-0.1, -0.05) is 35.9 Å².